The summed E-state index contributed by atoms with van der Waals surface area (Å²) in [5, 5.41) is 0. The average molecular weight is 171 g/mol. The second-order valence-corrected chi connectivity index (χ2v) is 3.65. The Balaban J connectivity index is 2.32. The van der Waals surface area contributed by atoms with Crippen LogP contribution in [-0.2, 0) is 4.74 Å². The zero-order valence-electron chi connectivity index (χ0n) is 8.09. The Hall–Kier alpha value is -0.0800. The lowest BCUT2D eigenvalue weighted by Crippen LogP contribution is -2.37. The van der Waals surface area contributed by atoms with Gasteiger partial charge in [0.05, 0.1) is 6.10 Å². The van der Waals surface area contributed by atoms with Gasteiger partial charge >= 0.3 is 0 Å². The van der Waals surface area contributed by atoms with Crippen LogP contribution in [0.3, 0.4) is 0 Å². The van der Waals surface area contributed by atoms with Gasteiger partial charge in [-0.15, -0.1) is 0 Å². The molecule has 0 amide bonds. The van der Waals surface area contributed by atoms with Gasteiger partial charge in [-0.25, -0.2) is 0 Å². The molecule has 1 aliphatic rings. The van der Waals surface area contributed by atoms with Gasteiger partial charge in [0, 0.05) is 12.6 Å². The van der Waals surface area contributed by atoms with Crippen LogP contribution in [0.25, 0.3) is 0 Å². The monoisotopic (exact) mass is 171 g/mol. The molecule has 1 saturated carbocycles. The zero-order chi connectivity index (χ0) is 8.81. The largest absolute Gasteiger partial charge is 0.377 e. The summed E-state index contributed by atoms with van der Waals surface area (Å²) in [6.45, 7) is 2.85. The van der Waals surface area contributed by atoms with Crippen molar-refractivity contribution in [1.29, 1.82) is 0 Å². The third kappa shape index (κ3) is 3.11. The van der Waals surface area contributed by atoms with Crippen molar-refractivity contribution in [2.75, 3.05) is 6.61 Å². The Kier molecular flexibility index (Phi) is 4.62. The maximum atomic E-state index is 6.01. The quantitative estimate of drug-likeness (QED) is 0.690. The normalized spacial score (nSPS) is 32.5. The van der Waals surface area contributed by atoms with Crippen LogP contribution in [-0.4, -0.2) is 18.8 Å². The van der Waals surface area contributed by atoms with E-state index in [9.17, 15) is 0 Å². The highest BCUT2D eigenvalue weighted by Gasteiger charge is 2.18. The molecular formula is C10H21NO. The maximum Gasteiger partial charge on any atom is 0.0725 e. The molecule has 0 aromatic heterocycles. The van der Waals surface area contributed by atoms with Crippen LogP contribution in [0.5, 0.6) is 0 Å². The van der Waals surface area contributed by atoms with Crippen LogP contribution in [0.15, 0.2) is 0 Å². The zero-order valence-corrected chi connectivity index (χ0v) is 8.09. The number of hydrogen-bond donors (Lipinski definition) is 1. The number of nitrogens with two attached hydrogens (primary N) is 1. The molecule has 0 heterocycles. The molecule has 0 radical (unpaired) electrons. The summed E-state index contributed by atoms with van der Waals surface area (Å²) in [7, 11) is 0. The minimum atomic E-state index is 0.283. The first-order chi connectivity index (χ1) is 5.84. The second-order valence-electron chi connectivity index (χ2n) is 3.65. The average Bonchev–Trinajstić information content (AvgIpc) is 2.05. The number of rotatable bonds is 2. The van der Waals surface area contributed by atoms with Gasteiger partial charge in [0.1, 0.15) is 0 Å². The lowest BCUT2D eigenvalue weighted by Gasteiger charge is -2.25. The molecule has 1 fully saturated rings. The van der Waals surface area contributed by atoms with Gasteiger partial charge in [-0.3, -0.25) is 0 Å². The van der Waals surface area contributed by atoms with Crippen molar-refractivity contribution in [3.8, 4) is 0 Å². The molecule has 72 valence electrons. The Morgan fingerprint density at radius 1 is 1.17 bits per heavy atom. The van der Waals surface area contributed by atoms with Crippen LogP contribution in [0.2, 0.25) is 0 Å². The second kappa shape index (κ2) is 5.55. The molecular weight excluding hydrogens is 150 g/mol. The van der Waals surface area contributed by atoms with Crippen molar-refractivity contribution >= 4 is 0 Å². The predicted molar refractivity (Wildman–Crippen MR) is 51.1 cm³/mol. The van der Waals surface area contributed by atoms with E-state index in [1.807, 2.05) is 6.92 Å². The summed E-state index contributed by atoms with van der Waals surface area (Å²) in [5.41, 5.74) is 6.01. The SMILES string of the molecule is CCO[C@H]1CCCCCC[C@@H]1N. The fourth-order valence-corrected chi connectivity index (χ4v) is 1.90. The van der Waals surface area contributed by atoms with E-state index in [-0.39, 0.29) is 6.04 Å². The lowest BCUT2D eigenvalue weighted by atomic mass is 9.95. The van der Waals surface area contributed by atoms with Crippen molar-refractivity contribution in [1.82, 2.24) is 0 Å². The van der Waals surface area contributed by atoms with Gasteiger partial charge < -0.3 is 10.5 Å². The fourth-order valence-electron chi connectivity index (χ4n) is 1.90. The van der Waals surface area contributed by atoms with Crippen LogP contribution in [0.1, 0.15) is 45.4 Å². The topological polar surface area (TPSA) is 35.2 Å². The molecule has 12 heavy (non-hydrogen) atoms. The Labute approximate surface area is 75.5 Å². The van der Waals surface area contributed by atoms with Gasteiger partial charge in [0.2, 0.25) is 0 Å². The lowest BCUT2D eigenvalue weighted by molar-refractivity contribution is 0.0310. The molecule has 1 aliphatic carbocycles. The molecule has 1 rings (SSSR count). The molecule has 2 nitrogen and oxygen atoms in total. The highest BCUT2D eigenvalue weighted by atomic mass is 16.5. The Morgan fingerprint density at radius 3 is 2.50 bits per heavy atom. The van der Waals surface area contributed by atoms with Gasteiger partial charge in [0.15, 0.2) is 0 Å². The number of ether oxygens (including phenoxy) is 1. The summed E-state index contributed by atoms with van der Waals surface area (Å²) >= 11 is 0. The summed E-state index contributed by atoms with van der Waals surface area (Å²) in [4.78, 5) is 0. The molecule has 0 unspecified atom stereocenters. The van der Waals surface area contributed by atoms with Gasteiger partial charge in [0.25, 0.3) is 0 Å². The Morgan fingerprint density at radius 2 is 1.83 bits per heavy atom. The molecule has 0 bridgehead atoms. The first kappa shape index (κ1) is 10.0. The van der Waals surface area contributed by atoms with E-state index in [1.165, 1.54) is 25.7 Å². The van der Waals surface area contributed by atoms with E-state index < -0.39 is 0 Å². The van der Waals surface area contributed by atoms with Crippen molar-refractivity contribution in [3.63, 3.8) is 0 Å². The predicted octanol–water partition coefficient (Wildman–Crippen LogP) is 2.07. The van der Waals surface area contributed by atoms with E-state index in [1.54, 1.807) is 0 Å². The maximum absolute atomic E-state index is 6.01. The molecule has 0 aromatic carbocycles. The van der Waals surface area contributed by atoms with Crippen LogP contribution in [0.4, 0.5) is 0 Å². The van der Waals surface area contributed by atoms with Crippen LogP contribution < -0.4 is 5.73 Å². The first-order valence-electron chi connectivity index (χ1n) is 5.21. The highest BCUT2D eigenvalue weighted by Crippen LogP contribution is 2.18. The standard InChI is InChI=1S/C10H21NO/c1-2-12-10-8-6-4-3-5-7-9(10)11/h9-10H,2-8,11H2,1H3/t9-,10-/m0/s1. The minimum absolute atomic E-state index is 0.283. The molecule has 0 spiro atoms. The summed E-state index contributed by atoms with van der Waals surface area (Å²) < 4.78 is 5.61. The van der Waals surface area contributed by atoms with Crippen LogP contribution >= 0.6 is 0 Å². The van der Waals surface area contributed by atoms with Crippen molar-refractivity contribution in [2.24, 2.45) is 5.73 Å². The van der Waals surface area contributed by atoms with Crippen molar-refractivity contribution in [2.45, 2.75) is 57.6 Å². The third-order valence-electron chi connectivity index (χ3n) is 2.63. The van der Waals surface area contributed by atoms with Gasteiger partial charge in [-0.05, 0) is 19.8 Å². The summed E-state index contributed by atoms with van der Waals surface area (Å²) in [6.07, 6.45) is 7.92. The van der Waals surface area contributed by atoms with Crippen LogP contribution in [0, 0.1) is 0 Å². The van der Waals surface area contributed by atoms with Crippen molar-refractivity contribution < 1.29 is 4.74 Å². The first-order valence-corrected chi connectivity index (χ1v) is 5.21. The Bertz CT molecular complexity index is 116. The molecule has 2 heteroatoms. The molecule has 0 saturated heterocycles. The smallest absolute Gasteiger partial charge is 0.0725 e. The molecule has 2 N–H and O–H groups in total. The summed E-state index contributed by atoms with van der Waals surface area (Å²) in [6, 6.07) is 0.283. The van der Waals surface area contributed by atoms with E-state index >= 15 is 0 Å². The van der Waals surface area contributed by atoms with E-state index in [2.05, 4.69) is 0 Å². The minimum Gasteiger partial charge on any atom is -0.377 e. The molecule has 0 aliphatic heterocycles. The van der Waals surface area contributed by atoms with E-state index in [0.29, 0.717) is 6.10 Å². The van der Waals surface area contributed by atoms with Crippen molar-refractivity contribution in [3.05, 3.63) is 0 Å². The van der Waals surface area contributed by atoms with Gasteiger partial charge in [-0.2, -0.15) is 0 Å². The third-order valence-corrected chi connectivity index (χ3v) is 2.63. The molecule has 2 atom stereocenters. The van der Waals surface area contributed by atoms with E-state index in [4.69, 9.17) is 10.5 Å². The highest BCUT2D eigenvalue weighted by molar-refractivity contribution is 4.75. The van der Waals surface area contributed by atoms with Gasteiger partial charge in [-0.1, -0.05) is 25.7 Å². The van der Waals surface area contributed by atoms with E-state index in [0.717, 1.165) is 19.4 Å². The number of hydrogen-bond acceptors (Lipinski definition) is 2. The molecule has 0 aromatic rings. The fraction of sp³-hybridized carbons (Fsp3) is 1.00. The summed E-state index contributed by atoms with van der Waals surface area (Å²) in [5.74, 6) is 0.